The predicted molar refractivity (Wildman–Crippen MR) is 101 cm³/mol. The summed E-state index contributed by atoms with van der Waals surface area (Å²) in [6.45, 7) is 4.12. The van der Waals surface area contributed by atoms with Crippen LogP contribution in [-0.2, 0) is 11.0 Å². The van der Waals surface area contributed by atoms with Gasteiger partial charge in [0, 0.05) is 11.1 Å². The van der Waals surface area contributed by atoms with Gasteiger partial charge in [-0.25, -0.2) is 0 Å². The number of halogens is 3. The molecule has 2 atom stereocenters. The summed E-state index contributed by atoms with van der Waals surface area (Å²) in [6.07, 6.45) is 3.29. The smallest absolute Gasteiger partial charge is 0.325 e. The molecule has 0 saturated heterocycles. The van der Waals surface area contributed by atoms with Crippen LogP contribution in [0.3, 0.4) is 0 Å². The predicted octanol–water partition coefficient (Wildman–Crippen LogP) is 6.32. The Hall–Kier alpha value is -1.78. The van der Waals surface area contributed by atoms with E-state index in [1.807, 2.05) is 6.92 Å². The monoisotopic (exact) mass is 379 g/mol. The van der Waals surface area contributed by atoms with Crippen molar-refractivity contribution in [1.82, 2.24) is 5.32 Å². The zero-order chi connectivity index (χ0) is 19.7. The van der Waals surface area contributed by atoms with E-state index in [0.29, 0.717) is 17.2 Å². The average Bonchev–Trinajstić information content (AvgIpc) is 2.92. The lowest BCUT2D eigenvalue weighted by Crippen LogP contribution is -2.38. The SMILES string of the molecule is CCC1CCCC2(CCC(C)=C(c3cccc(C(F)(F)F)c3)NC2=O)CC1. The minimum Gasteiger partial charge on any atom is -0.325 e. The van der Waals surface area contributed by atoms with Gasteiger partial charge in [0.05, 0.1) is 5.56 Å². The summed E-state index contributed by atoms with van der Waals surface area (Å²) in [5.41, 5.74) is 0.880. The van der Waals surface area contributed by atoms with Gasteiger partial charge in [0.2, 0.25) is 5.91 Å². The number of alkyl halides is 3. The molecule has 2 aliphatic rings. The van der Waals surface area contributed by atoms with E-state index in [1.165, 1.54) is 12.5 Å². The van der Waals surface area contributed by atoms with Crippen LogP contribution in [0.15, 0.2) is 29.8 Å². The third-order valence-electron chi connectivity index (χ3n) is 6.48. The van der Waals surface area contributed by atoms with Gasteiger partial charge >= 0.3 is 6.18 Å². The molecule has 1 aliphatic carbocycles. The lowest BCUT2D eigenvalue weighted by Gasteiger charge is -2.30. The summed E-state index contributed by atoms with van der Waals surface area (Å²) < 4.78 is 39.3. The Labute approximate surface area is 159 Å². The highest BCUT2D eigenvalue weighted by Gasteiger charge is 2.41. The number of carbonyl (C=O) groups excluding carboxylic acids is 1. The lowest BCUT2D eigenvalue weighted by molar-refractivity contribution is -0.137. The van der Waals surface area contributed by atoms with Crippen molar-refractivity contribution in [3.05, 3.63) is 41.0 Å². The van der Waals surface area contributed by atoms with E-state index in [-0.39, 0.29) is 11.3 Å². The van der Waals surface area contributed by atoms with Crippen LogP contribution in [0.4, 0.5) is 13.2 Å². The van der Waals surface area contributed by atoms with E-state index in [4.69, 9.17) is 0 Å². The van der Waals surface area contributed by atoms with Crippen molar-refractivity contribution in [2.45, 2.75) is 71.4 Å². The van der Waals surface area contributed by atoms with Crippen molar-refractivity contribution >= 4 is 11.6 Å². The van der Waals surface area contributed by atoms with Gasteiger partial charge in [-0.15, -0.1) is 0 Å². The fourth-order valence-electron chi connectivity index (χ4n) is 4.55. The van der Waals surface area contributed by atoms with E-state index in [2.05, 4.69) is 12.2 Å². The molecule has 27 heavy (non-hydrogen) atoms. The summed E-state index contributed by atoms with van der Waals surface area (Å²) in [6, 6.07) is 5.25. The van der Waals surface area contributed by atoms with Crippen molar-refractivity contribution in [1.29, 1.82) is 0 Å². The Bertz CT molecular complexity index is 737. The summed E-state index contributed by atoms with van der Waals surface area (Å²) in [5.74, 6) is 0.668. The standard InChI is InChI=1S/C22H28F3NO/c1-3-16-6-5-11-21(13-10-16)12-9-15(2)19(26-20(21)27)17-7-4-8-18(14-17)22(23,24)25/h4,7-8,14,16H,3,5-6,9-13H2,1-2H3,(H,26,27). The largest absolute Gasteiger partial charge is 0.416 e. The number of amides is 1. The molecule has 1 N–H and O–H groups in total. The Kier molecular flexibility index (Phi) is 5.68. The first-order valence-electron chi connectivity index (χ1n) is 9.94. The molecular formula is C22H28F3NO. The molecule has 1 spiro atoms. The highest BCUT2D eigenvalue weighted by Crippen LogP contribution is 2.45. The minimum absolute atomic E-state index is 0.0106. The van der Waals surface area contributed by atoms with Crippen molar-refractivity contribution < 1.29 is 18.0 Å². The van der Waals surface area contributed by atoms with Crippen LogP contribution in [0.25, 0.3) is 5.70 Å². The summed E-state index contributed by atoms with van der Waals surface area (Å²) in [7, 11) is 0. The Balaban J connectivity index is 1.87. The molecule has 1 aliphatic heterocycles. The number of nitrogens with one attached hydrogen (secondary N) is 1. The first-order chi connectivity index (χ1) is 12.7. The molecule has 0 radical (unpaired) electrons. The lowest BCUT2D eigenvalue weighted by atomic mass is 9.75. The third kappa shape index (κ3) is 4.22. The average molecular weight is 379 g/mol. The minimum atomic E-state index is -4.39. The van der Waals surface area contributed by atoms with Gasteiger partial charge in [-0.05, 0) is 68.2 Å². The van der Waals surface area contributed by atoms with Gasteiger partial charge in [-0.1, -0.05) is 38.3 Å². The molecule has 148 valence electrons. The molecule has 5 heteroatoms. The van der Waals surface area contributed by atoms with Gasteiger partial charge in [-0.3, -0.25) is 4.79 Å². The maximum Gasteiger partial charge on any atom is 0.416 e. The highest BCUT2D eigenvalue weighted by molar-refractivity contribution is 5.92. The van der Waals surface area contributed by atoms with Gasteiger partial charge in [0.1, 0.15) is 0 Å². The van der Waals surface area contributed by atoms with Crippen LogP contribution in [-0.4, -0.2) is 5.91 Å². The molecule has 0 aromatic heterocycles. The maximum absolute atomic E-state index is 13.2. The van der Waals surface area contributed by atoms with Crippen LogP contribution in [0.5, 0.6) is 0 Å². The van der Waals surface area contributed by atoms with Crippen molar-refractivity contribution in [2.24, 2.45) is 11.3 Å². The molecular weight excluding hydrogens is 351 g/mol. The fourth-order valence-corrected chi connectivity index (χ4v) is 4.55. The van der Waals surface area contributed by atoms with Crippen LogP contribution in [0.1, 0.15) is 76.3 Å². The molecule has 0 bridgehead atoms. The third-order valence-corrected chi connectivity index (χ3v) is 6.48. The first kappa shape index (κ1) is 20.0. The molecule has 1 amide bonds. The zero-order valence-corrected chi connectivity index (χ0v) is 16.1. The topological polar surface area (TPSA) is 29.1 Å². The van der Waals surface area contributed by atoms with Crippen molar-refractivity contribution in [3.63, 3.8) is 0 Å². The fraction of sp³-hybridized carbons (Fsp3) is 0.591. The number of benzene rings is 1. The van der Waals surface area contributed by atoms with Gasteiger partial charge in [0.25, 0.3) is 0 Å². The Morgan fingerprint density at radius 1 is 1.19 bits per heavy atom. The molecule has 3 rings (SSSR count). The molecule has 1 heterocycles. The summed E-state index contributed by atoms with van der Waals surface area (Å²) in [4.78, 5) is 13.2. The van der Waals surface area contributed by atoms with E-state index >= 15 is 0 Å². The van der Waals surface area contributed by atoms with E-state index in [0.717, 1.165) is 62.7 Å². The second kappa shape index (κ2) is 7.69. The number of carbonyl (C=O) groups is 1. The second-order valence-corrected chi connectivity index (χ2v) is 8.17. The first-order valence-corrected chi connectivity index (χ1v) is 9.94. The van der Waals surface area contributed by atoms with Crippen LogP contribution >= 0.6 is 0 Å². The Morgan fingerprint density at radius 2 is 1.96 bits per heavy atom. The van der Waals surface area contributed by atoms with Crippen LogP contribution in [0.2, 0.25) is 0 Å². The molecule has 1 saturated carbocycles. The van der Waals surface area contributed by atoms with E-state index < -0.39 is 11.7 Å². The van der Waals surface area contributed by atoms with Crippen molar-refractivity contribution in [2.75, 3.05) is 0 Å². The summed E-state index contributed by atoms with van der Waals surface area (Å²) >= 11 is 0. The van der Waals surface area contributed by atoms with Crippen LogP contribution < -0.4 is 5.32 Å². The van der Waals surface area contributed by atoms with Crippen molar-refractivity contribution in [3.8, 4) is 0 Å². The second-order valence-electron chi connectivity index (χ2n) is 8.17. The number of hydrogen-bond donors (Lipinski definition) is 1. The summed E-state index contributed by atoms with van der Waals surface area (Å²) in [5, 5.41) is 3.02. The van der Waals surface area contributed by atoms with Gasteiger partial charge in [0.15, 0.2) is 0 Å². The van der Waals surface area contributed by atoms with Gasteiger partial charge < -0.3 is 5.32 Å². The molecule has 1 aromatic rings. The normalized spacial score (nSPS) is 27.3. The number of hydrogen-bond acceptors (Lipinski definition) is 1. The van der Waals surface area contributed by atoms with Crippen LogP contribution in [0, 0.1) is 11.3 Å². The van der Waals surface area contributed by atoms with E-state index in [1.54, 1.807) is 6.07 Å². The Morgan fingerprint density at radius 3 is 2.67 bits per heavy atom. The van der Waals surface area contributed by atoms with Gasteiger partial charge in [-0.2, -0.15) is 13.2 Å². The quantitative estimate of drug-likeness (QED) is 0.640. The molecule has 1 aromatic carbocycles. The maximum atomic E-state index is 13.2. The molecule has 2 unspecified atom stereocenters. The zero-order valence-electron chi connectivity index (χ0n) is 16.1. The molecule has 1 fully saturated rings. The number of rotatable bonds is 2. The highest BCUT2D eigenvalue weighted by atomic mass is 19.4. The van der Waals surface area contributed by atoms with E-state index in [9.17, 15) is 18.0 Å². The molecule has 2 nitrogen and oxygen atoms in total. The number of allylic oxidation sites excluding steroid dienone is 1.